The number of nitrogens with zero attached hydrogens (tertiary/aromatic N) is 2. The number of carboxylic acid groups (broad SMARTS) is 1. The average molecular weight is 546 g/mol. The summed E-state index contributed by atoms with van der Waals surface area (Å²) in [5.41, 5.74) is 2.73. The van der Waals surface area contributed by atoms with E-state index in [0.29, 0.717) is 16.6 Å². The molecule has 0 radical (unpaired) electrons. The van der Waals surface area contributed by atoms with Crippen LogP contribution in [-0.2, 0) is 4.79 Å². The van der Waals surface area contributed by atoms with Crippen LogP contribution < -0.4 is 20.3 Å². The van der Waals surface area contributed by atoms with Gasteiger partial charge in [-0.25, -0.2) is 4.79 Å². The van der Waals surface area contributed by atoms with Crippen molar-refractivity contribution in [2.45, 2.75) is 43.9 Å². The second-order valence-corrected chi connectivity index (χ2v) is 9.95. The topological polar surface area (TPSA) is 108 Å². The molecule has 4 rings (SSSR count). The molecule has 0 amide bonds. The summed E-state index contributed by atoms with van der Waals surface area (Å²) < 4.78 is 7.85. The summed E-state index contributed by atoms with van der Waals surface area (Å²) in [5.74, 6) is 0.310. The highest BCUT2D eigenvalue weighted by molar-refractivity contribution is 9.10. The monoisotopic (exact) mass is 545 g/mol. The van der Waals surface area contributed by atoms with Gasteiger partial charge in [0.1, 0.15) is 5.75 Å². The van der Waals surface area contributed by atoms with Gasteiger partial charge in [0, 0.05) is 20.9 Å². The van der Waals surface area contributed by atoms with Gasteiger partial charge in [0.05, 0.1) is 11.3 Å². The van der Waals surface area contributed by atoms with E-state index < -0.39 is 18.7 Å². The lowest BCUT2D eigenvalue weighted by molar-refractivity contribution is -0.759. The fourth-order valence-electron chi connectivity index (χ4n) is 3.79. The van der Waals surface area contributed by atoms with Gasteiger partial charge in [0.25, 0.3) is 6.17 Å². The molecule has 2 aromatic carbocycles. The molecule has 1 aliphatic heterocycles. The van der Waals surface area contributed by atoms with E-state index in [0.717, 1.165) is 39.9 Å². The molecule has 3 aromatic rings. The van der Waals surface area contributed by atoms with E-state index in [1.807, 2.05) is 30.3 Å². The molecule has 3 N–H and O–H groups in total. The number of rotatable bonds is 10. The van der Waals surface area contributed by atoms with E-state index in [9.17, 15) is 9.59 Å². The molecule has 178 valence electrons. The number of carboxylic acids is 1. The Kier molecular flexibility index (Phi) is 7.89. The van der Waals surface area contributed by atoms with Crippen LogP contribution in [0.5, 0.6) is 5.75 Å². The SMILES string of the molecule is CCCCCCSc1n[n+]2c(c(=O)[nH]1)-c1cc(Br)ccc1N[C@@H]2c1ccc(OCC(=O)O)cc1. The predicted octanol–water partition coefficient (Wildman–Crippen LogP) is 4.60. The summed E-state index contributed by atoms with van der Waals surface area (Å²) in [4.78, 5) is 26.9. The highest BCUT2D eigenvalue weighted by Gasteiger charge is 2.37. The Morgan fingerprint density at radius 2 is 2.00 bits per heavy atom. The Labute approximate surface area is 209 Å². The molecule has 0 spiro atoms. The van der Waals surface area contributed by atoms with Gasteiger partial charge in [0.15, 0.2) is 6.61 Å². The van der Waals surface area contributed by atoms with Gasteiger partial charge >= 0.3 is 17.2 Å². The molecule has 0 saturated carbocycles. The smallest absolute Gasteiger partial charge is 0.341 e. The number of aromatic nitrogens is 3. The first kappa shape index (κ1) is 24.3. The number of aliphatic carboxylic acids is 1. The van der Waals surface area contributed by atoms with Crippen molar-refractivity contribution in [2.75, 3.05) is 17.7 Å². The molecular weight excluding hydrogens is 520 g/mol. The van der Waals surface area contributed by atoms with Crippen molar-refractivity contribution < 1.29 is 19.3 Å². The lowest BCUT2D eigenvalue weighted by Crippen LogP contribution is -2.55. The molecule has 0 bridgehead atoms. The predicted molar refractivity (Wildman–Crippen MR) is 134 cm³/mol. The Balaban J connectivity index is 1.68. The maximum absolute atomic E-state index is 13.2. The van der Waals surface area contributed by atoms with Crippen molar-refractivity contribution in [3.63, 3.8) is 0 Å². The summed E-state index contributed by atoms with van der Waals surface area (Å²) in [7, 11) is 0. The quantitative estimate of drug-likeness (QED) is 0.194. The Hall–Kier alpha value is -2.85. The van der Waals surface area contributed by atoms with Crippen LogP contribution in [0.2, 0.25) is 0 Å². The van der Waals surface area contributed by atoms with E-state index >= 15 is 0 Å². The molecule has 8 nitrogen and oxygen atoms in total. The van der Waals surface area contributed by atoms with Crippen LogP contribution in [0.25, 0.3) is 11.3 Å². The van der Waals surface area contributed by atoms with E-state index in [1.165, 1.54) is 12.8 Å². The Morgan fingerprint density at radius 1 is 1.21 bits per heavy atom. The number of nitrogens with one attached hydrogen (secondary N) is 2. The summed E-state index contributed by atoms with van der Waals surface area (Å²) in [6, 6.07) is 12.9. The van der Waals surface area contributed by atoms with Crippen molar-refractivity contribution in [1.82, 2.24) is 10.1 Å². The third-order valence-corrected chi connectivity index (χ3v) is 6.87. The van der Waals surface area contributed by atoms with Crippen LogP contribution in [0, 0.1) is 0 Å². The number of anilines is 1. The second-order valence-electron chi connectivity index (χ2n) is 7.95. The molecule has 10 heteroatoms. The Bertz CT molecular complexity index is 1230. The first-order valence-electron chi connectivity index (χ1n) is 11.2. The van der Waals surface area contributed by atoms with E-state index in [1.54, 1.807) is 28.6 Å². The molecule has 0 unspecified atom stereocenters. The largest absolute Gasteiger partial charge is 0.482 e. The number of ether oxygens (including phenoxy) is 1. The second kappa shape index (κ2) is 11.1. The summed E-state index contributed by atoms with van der Waals surface area (Å²) in [6.07, 6.45) is 4.19. The number of benzene rings is 2. The molecule has 1 atom stereocenters. The summed E-state index contributed by atoms with van der Waals surface area (Å²) in [5, 5.41) is 17.7. The summed E-state index contributed by atoms with van der Waals surface area (Å²) in [6.45, 7) is 1.77. The minimum absolute atomic E-state index is 0.196. The molecule has 0 saturated heterocycles. The maximum atomic E-state index is 13.2. The lowest BCUT2D eigenvalue weighted by atomic mass is 10.0. The molecule has 2 heterocycles. The third kappa shape index (κ3) is 5.61. The number of unbranched alkanes of at least 4 members (excludes halogenated alkanes) is 3. The van der Waals surface area contributed by atoms with Crippen molar-refractivity contribution in [1.29, 1.82) is 0 Å². The molecular formula is C24H26BrN4O4S+. The van der Waals surface area contributed by atoms with Crippen molar-refractivity contribution in [3.05, 3.63) is 62.9 Å². The van der Waals surface area contributed by atoms with Crippen molar-refractivity contribution in [3.8, 4) is 17.0 Å². The van der Waals surface area contributed by atoms with Crippen molar-refractivity contribution in [2.24, 2.45) is 0 Å². The van der Waals surface area contributed by atoms with E-state index in [-0.39, 0.29) is 5.56 Å². The van der Waals surface area contributed by atoms with Gasteiger partial charge in [0.2, 0.25) is 5.16 Å². The number of carbonyl (C=O) groups is 1. The Morgan fingerprint density at radius 3 is 2.74 bits per heavy atom. The van der Waals surface area contributed by atoms with Crippen LogP contribution >= 0.6 is 27.7 Å². The van der Waals surface area contributed by atoms with Gasteiger partial charge in [-0.2, -0.15) is 0 Å². The van der Waals surface area contributed by atoms with Gasteiger partial charge < -0.3 is 15.2 Å². The highest BCUT2D eigenvalue weighted by atomic mass is 79.9. The van der Waals surface area contributed by atoms with Crippen LogP contribution in [0.3, 0.4) is 0 Å². The molecule has 0 fully saturated rings. The zero-order chi connectivity index (χ0) is 24.1. The maximum Gasteiger partial charge on any atom is 0.341 e. The minimum atomic E-state index is -1.03. The first-order valence-corrected chi connectivity index (χ1v) is 12.9. The standard InChI is InChI=1S/C24H25BrN4O4S/c1-2-3-4-5-12-34-24-27-23(32)21-18-13-16(25)8-11-19(18)26-22(29(21)28-24)15-6-9-17(10-7-15)33-14-20(30)31/h6-11,13,22H,2-5,12,14H2,1H3,(H2,27,28,30,31,32)/p+1/t22-/m0/s1. The fourth-order valence-corrected chi connectivity index (χ4v) is 5.00. The van der Waals surface area contributed by atoms with Crippen LogP contribution in [0.15, 0.2) is 56.9 Å². The zero-order valence-corrected chi connectivity index (χ0v) is 21.1. The fraction of sp³-hybridized carbons (Fsp3) is 0.333. The van der Waals surface area contributed by atoms with Gasteiger partial charge in [-0.1, -0.05) is 53.9 Å². The number of aromatic amines is 1. The number of H-pyrrole nitrogens is 1. The number of fused-ring (bicyclic) bond motifs is 3. The first-order chi connectivity index (χ1) is 16.5. The normalized spacial score (nSPS) is 14.1. The van der Waals surface area contributed by atoms with E-state index in [2.05, 4.69) is 33.2 Å². The number of thioether (sulfide) groups is 1. The minimum Gasteiger partial charge on any atom is -0.482 e. The summed E-state index contributed by atoms with van der Waals surface area (Å²) >= 11 is 5.05. The highest BCUT2D eigenvalue weighted by Crippen LogP contribution is 2.34. The van der Waals surface area contributed by atoms with Crippen molar-refractivity contribution >= 4 is 39.3 Å². The number of halogens is 1. The third-order valence-electron chi connectivity index (χ3n) is 5.43. The molecule has 34 heavy (non-hydrogen) atoms. The van der Waals surface area contributed by atoms with Gasteiger partial charge in [-0.15, -0.1) is 0 Å². The molecule has 1 aromatic heterocycles. The van der Waals surface area contributed by atoms with Crippen LogP contribution in [0.4, 0.5) is 5.69 Å². The van der Waals surface area contributed by atoms with E-state index in [4.69, 9.17) is 14.9 Å². The molecule has 1 aliphatic rings. The number of hydrogen-bond acceptors (Lipinski definition) is 6. The van der Waals surface area contributed by atoms with Crippen LogP contribution in [0.1, 0.15) is 44.3 Å². The zero-order valence-electron chi connectivity index (χ0n) is 18.7. The van der Waals surface area contributed by atoms with Gasteiger partial charge in [-0.3, -0.25) is 9.78 Å². The lowest BCUT2D eigenvalue weighted by Gasteiger charge is -2.22. The van der Waals surface area contributed by atoms with Crippen LogP contribution in [-0.4, -0.2) is 33.5 Å². The average Bonchev–Trinajstić information content (AvgIpc) is 2.82. The molecule has 0 aliphatic carbocycles. The van der Waals surface area contributed by atoms with Gasteiger partial charge in [-0.05, 0) is 53.6 Å². The number of hydrogen-bond donors (Lipinski definition) is 3.